The molecule has 1 aliphatic heterocycles. The first-order chi connectivity index (χ1) is 8.38. The predicted octanol–water partition coefficient (Wildman–Crippen LogP) is 2.15. The van der Waals surface area contributed by atoms with Gasteiger partial charge in [0.2, 0.25) is 0 Å². The normalized spacial score (nSPS) is 14.9. The van der Waals surface area contributed by atoms with Crippen LogP contribution in [0.15, 0.2) is 18.2 Å². The highest BCUT2D eigenvalue weighted by molar-refractivity contribution is 5.93. The Kier molecular flexibility index (Phi) is 3.06. The molecular weight excluding hydrogens is 251 g/mol. The Hall–Kier alpha value is -1.92. The summed E-state index contributed by atoms with van der Waals surface area (Å²) in [6.07, 6.45) is -4.34. The second-order valence-corrected chi connectivity index (χ2v) is 3.84. The van der Waals surface area contributed by atoms with Crippen molar-refractivity contribution in [3.8, 4) is 5.75 Å². The molecule has 1 aliphatic rings. The Morgan fingerprint density at radius 1 is 1.44 bits per heavy atom. The quantitative estimate of drug-likeness (QED) is 0.886. The highest BCUT2D eigenvalue weighted by atomic mass is 19.4. The van der Waals surface area contributed by atoms with Crippen LogP contribution in [0.25, 0.3) is 0 Å². The lowest BCUT2D eigenvalue weighted by Gasteiger charge is -2.32. The zero-order valence-electron chi connectivity index (χ0n) is 9.20. The predicted molar refractivity (Wildman–Crippen MR) is 57.2 cm³/mol. The third-order valence-electron chi connectivity index (χ3n) is 2.54. The van der Waals surface area contributed by atoms with E-state index in [9.17, 15) is 18.0 Å². The highest BCUT2D eigenvalue weighted by Crippen LogP contribution is 2.36. The van der Waals surface area contributed by atoms with Gasteiger partial charge in [0.15, 0.2) is 5.75 Å². The Labute approximate surface area is 101 Å². The van der Waals surface area contributed by atoms with Gasteiger partial charge in [-0.1, -0.05) is 6.07 Å². The summed E-state index contributed by atoms with van der Waals surface area (Å²) in [5.74, 6) is -1.22. The lowest BCUT2D eigenvalue weighted by atomic mass is 10.1. The largest absolute Gasteiger partial charge is 0.489 e. The number of halogens is 3. The Morgan fingerprint density at radius 3 is 2.78 bits per heavy atom. The molecule has 0 radical (unpaired) electrons. The molecule has 7 heteroatoms. The molecule has 0 bridgehead atoms. The molecule has 1 heterocycles. The van der Waals surface area contributed by atoms with E-state index in [1.54, 1.807) is 0 Å². The van der Waals surface area contributed by atoms with E-state index >= 15 is 0 Å². The van der Waals surface area contributed by atoms with Gasteiger partial charge in [0.1, 0.15) is 18.7 Å². The molecule has 18 heavy (non-hydrogen) atoms. The van der Waals surface area contributed by atoms with Gasteiger partial charge in [0.25, 0.3) is 0 Å². The fourth-order valence-corrected chi connectivity index (χ4v) is 1.85. The van der Waals surface area contributed by atoms with E-state index in [-0.39, 0.29) is 30.2 Å². The second-order valence-electron chi connectivity index (χ2n) is 3.84. The summed E-state index contributed by atoms with van der Waals surface area (Å²) in [7, 11) is 0. The SMILES string of the molecule is O=C(O)c1cccc2c1OCCN2CC(F)(F)F. The molecule has 0 unspecified atom stereocenters. The number of benzene rings is 1. The van der Waals surface area contributed by atoms with Crippen LogP contribution in [0.4, 0.5) is 18.9 Å². The minimum absolute atomic E-state index is 0.000463. The van der Waals surface area contributed by atoms with E-state index in [0.717, 1.165) is 4.90 Å². The van der Waals surface area contributed by atoms with Gasteiger partial charge in [-0.15, -0.1) is 0 Å². The molecule has 98 valence electrons. The van der Waals surface area contributed by atoms with Crippen LogP contribution in [0.5, 0.6) is 5.75 Å². The van der Waals surface area contributed by atoms with Gasteiger partial charge in [0, 0.05) is 0 Å². The summed E-state index contributed by atoms with van der Waals surface area (Å²) in [6.45, 7) is -1.00. The van der Waals surface area contributed by atoms with Crippen LogP contribution < -0.4 is 9.64 Å². The van der Waals surface area contributed by atoms with Crippen molar-refractivity contribution < 1.29 is 27.8 Å². The maximum Gasteiger partial charge on any atom is 0.405 e. The Balaban J connectivity index is 2.38. The number of rotatable bonds is 2. The number of hydrogen-bond donors (Lipinski definition) is 1. The third kappa shape index (κ3) is 2.49. The van der Waals surface area contributed by atoms with Crippen LogP contribution in [0.2, 0.25) is 0 Å². The summed E-state index contributed by atoms with van der Waals surface area (Å²) >= 11 is 0. The standard InChI is InChI=1S/C11H10F3NO3/c12-11(13,14)6-15-4-5-18-9-7(10(16)17)2-1-3-8(9)15/h1-3H,4-6H2,(H,16,17). The number of aromatic carboxylic acids is 1. The molecule has 4 nitrogen and oxygen atoms in total. The number of fused-ring (bicyclic) bond motifs is 1. The van der Waals surface area contributed by atoms with E-state index in [0.29, 0.717) is 0 Å². The number of carbonyl (C=O) groups is 1. The summed E-state index contributed by atoms with van der Waals surface area (Å²) < 4.78 is 42.4. The first-order valence-electron chi connectivity index (χ1n) is 5.19. The van der Waals surface area contributed by atoms with Gasteiger partial charge in [-0.3, -0.25) is 0 Å². The van der Waals surface area contributed by atoms with Gasteiger partial charge < -0.3 is 14.7 Å². The minimum atomic E-state index is -4.34. The molecule has 0 saturated carbocycles. The third-order valence-corrected chi connectivity index (χ3v) is 2.54. The van der Waals surface area contributed by atoms with Crippen molar-refractivity contribution in [1.29, 1.82) is 0 Å². The molecule has 0 atom stereocenters. The van der Waals surface area contributed by atoms with Gasteiger partial charge in [-0.2, -0.15) is 13.2 Å². The number of nitrogens with zero attached hydrogens (tertiary/aromatic N) is 1. The van der Waals surface area contributed by atoms with Crippen LogP contribution in [-0.4, -0.2) is 36.9 Å². The van der Waals surface area contributed by atoms with E-state index in [1.807, 2.05) is 0 Å². The number of carboxylic acids is 1. The summed E-state index contributed by atoms with van der Waals surface area (Å²) in [5, 5.41) is 8.94. The Morgan fingerprint density at radius 2 is 2.17 bits per heavy atom. The molecule has 2 rings (SSSR count). The van der Waals surface area contributed by atoms with Crippen molar-refractivity contribution in [2.45, 2.75) is 6.18 Å². The molecule has 0 aromatic heterocycles. The van der Waals surface area contributed by atoms with Gasteiger partial charge in [-0.25, -0.2) is 4.79 Å². The highest BCUT2D eigenvalue weighted by Gasteiger charge is 2.34. The van der Waals surface area contributed by atoms with Crippen LogP contribution in [0.3, 0.4) is 0 Å². The average Bonchev–Trinajstić information content (AvgIpc) is 2.26. The van der Waals surface area contributed by atoms with Crippen molar-refractivity contribution in [2.24, 2.45) is 0 Å². The van der Waals surface area contributed by atoms with E-state index in [2.05, 4.69) is 0 Å². The summed E-state index contributed by atoms with van der Waals surface area (Å²) in [6, 6.07) is 4.13. The number of hydrogen-bond acceptors (Lipinski definition) is 3. The van der Waals surface area contributed by atoms with Crippen LogP contribution in [0, 0.1) is 0 Å². The topological polar surface area (TPSA) is 49.8 Å². The van der Waals surface area contributed by atoms with Crippen LogP contribution >= 0.6 is 0 Å². The molecule has 0 spiro atoms. The van der Waals surface area contributed by atoms with E-state index < -0.39 is 18.7 Å². The molecule has 0 fully saturated rings. The fraction of sp³-hybridized carbons (Fsp3) is 0.364. The zero-order chi connectivity index (χ0) is 13.3. The number of para-hydroxylation sites is 1. The average molecular weight is 261 g/mol. The molecule has 1 N–H and O–H groups in total. The summed E-state index contributed by atoms with van der Waals surface area (Å²) in [4.78, 5) is 12.0. The monoisotopic (exact) mass is 261 g/mol. The Bertz CT molecular complexity index is 473. The lowest BCUT2D eigenvalue weighted by Crippen LogP contribution is -2.40. The second kappa shape index (κ2) is 4.40. The van der Waals surface area contributed by atoms with E-state index in [4.69, 9.17) is 9.84 Å². The van der Waals surface area contributed by atoms with Crippen LogP contribution in [-0.2, 0) is 0 Å². The minimum Gasteiger partial charge on any atom is -0.489 e. The van der Waals surface area contributed by atoms with Crippen molar-refractivity contribution >= 4 is 11.7 Å². The first kappa shape index (κ1) is 12.5. The maximum atomic E-state index is 12.4. The van der Waals surface area contributed by atoms with Gasteiger partial charge >= 0.3 is 12.1 Å². The lowest BCUT2D eigenvalue weighted by molar-refractivity contribution is -0.120. The smallest absolute Gasteiger partial charge is 0.405 e. The maximum absolute atomic E-state index is 12.4. The van der Waals surface area contributed by atoms with Crippen LogP contribution in [0.1, 0.15) is 10.4 Å². The van der Waals surface area contributed by atoms with Crippen molar-refractivity contribution in [2.75, 3.05) is 24.6 Å². The molecule has 1 aromatic rings. The summed E-state index contributed by atoms with van der Waals surface area (Å²) in [5.41, 5.74) is 0.0397. The molecule has 0 aliphatic carbocycles. The number of alkyl halides is 3. The van der Waals surface area contributed by atoms with E-state index in [1.165, 1.54) is 18.2 Å². The number of ether oxygens (including phenoxy) is 1. The zero-order valence-corrected chi connectivity index (χ0v) is 9.20. The van der Waals surface area contributed by atoms with Gasteiger partial charge in [-0.05, 0) is 12.1 Å². The molecule has 1 aromatic carbocycles. The van der Waals surface area contributed by atoms with Crippen molar-refractivity contribution in [3.63, 3.8) is 0 Å². The van der Waals surface area contributed by atoms with Crippen molar-refractivity contribution in [3.05, 3.63) is 23.8 Å². The number of carboxylic acid groups (broad SMARTS) is 1. The molecule has 0 saturated heterocycles. The first-order valence-corrected chi connectivity index (χ1v) is 5.19. The fourth-order valence-electron chi connectivity index (χ4n) is 1.85. The van der Waals surface area contributed by atoms with Gasteiger partial charge in [0.05, 0.1) is 12.2 Å². The number of anilines is 1. The molecular formula is C11H10F3NO3. The molecule has 0 amide bonds. The van der Waals surface area contributed by atoms with Crippen molar-refractivity contribution in [1.82, 2.24) is 0 Å².